The highest BCUT2D eigenvalue weighted by Crippen LogP contribution is 2.34. The Kier molecular flexibility index (Phi) is 4.52. The molecule has 0 aromatic heterocycles. The fourth-order valence-electron chi connectivity index (χ4n) is 3.35. The Hall–Kier alpha value is -0.210. The Morgan fingerprint density at radius 3 is 2.37 bits per heavy atom. The van der Waals surface area contributed by atoms with Crippen LogP contribution in [0.5, 0.6) is 0 Å². The number of likely N-dealkylation sites (N-methyl/N-ethyl adjacent to an activating group) is 1. The first-order valence-electron chi connectivity index (χ1n) is 6.88. The number of fused-ring (bicyclic) bond motifs is 2. The third kappa shape index (κ3) is 3.66. The SMILES string of the molecule is CN(C[C@H](O)CN1[C@@H]2CC[C@H]1CC(N)C2)S(C)(=O)=O. The second kappa shape index (κ2) is 5.65. The van der Waals surface area contributed by atoms with Crippen LogP contribution < -0.4 is 5.73 Å². The smallest absolute Gasteiger partial charge is 0.211 e. The zero-order valence-corrected chi connectivity index (χ0v) is 12.5. The summed E-state index contributed by atoms with van der Waals surface area (Å²) in [5, 5.41) is 10.1. The van der Waals surface area contributed by atoms with Gasteiger partial charge in [-0.2, -0.15) is 0 Å². The van der Waals surface area contributed by atoms with E-state index in [1.165, 1.54) is 11.4 Å². The number of rotatable bonds is 5. The van der Waals surface area contributed by atoms with E-state index < -0.39 is 16.1 Å². The van der Waals surface area contributed by atoms with Gasteiger partial charge in [-0.15, -0.1) is 0 Å². The van der Waals surface area contributed by atoms with Crippen molar-refractivity contribution in [3.05, 3.63) is 0 Å². The first kappa shape index (κ1) is 15.2. The first-order chi connectivity index (χ1) is 8.77. The number of hydrogen-bond acceptors (Lipinski definition) is 5. The van der Waals surface area contributed by atoms with Crippen LogP contribution in [0.2, 0.25) is 0 Å². The summed E-state index contributed by atoms with van der Waals surface area (Å²) < 4.78 is 23.9. The highest BCUT2D eigenvalue weighted by atomic mass is 32.2. The number of aliphatic hydroxyl groups excluding tert-OH is 1. The monoisotopic (exact) mass is 291 g/mol. The summed E-state index contributed by atoms with van der Waals surface area (Å²) in [5.41, 5.74) is 6.01. The Morgan fingerprint density at radius 1 is 1.37 bits per heavy atom. The van der Waals surface area contributed by atoms with Crippen molar-refractivity contribution in [3.8, 4) is 0 Å². The molecule has 2 fully saturated rings. The quantitative estimate of drug-likeness (QED) is 0.692. The minimum absolute atomic E-state index is 0.154. The largest absolute Gasteiger partial charge is 0.390 e. The standard InChI is InChI=1S/C12H25N3O3S/c1-14(19(2,17)18)7-12(16)8-15-10-3-4-11(15)6-9(13)5-10/h9-12,16H,3-8,13H2,1-2H3/t9?,10-,11+,12-/m0/s1. The summed E-state index contributed by atoms with van der Waals surface area (Å²) in [6, 6.07) is 1.21. The van der Waals surface area contributed by atoms with Gasteiger partial charge >= 0.3 is 0 Å². The second-order valence-corrected chi connectivity index (χ2v) is 8.10. The molecule has 4 atom stereocenters. The minimum Gasteiger partial charge on any atom is -0.390 e. The zero-order chi connectivity index (χ0) is 14.2. The molecule has 6 nitrogen and oxygen atoms in total. The lowest BCUT2D eigenvalue weighted by atomic mass is 9.98. The van der Waals surface area contributed by atoms with Gasteiger partial charge in [0.2, 0.25) is 10.0 Å². The Labute approximate surface area is 115 Å². The lowest BCUT2D eigenvalue weighted by molar-refractivity contribution is 0.0503. The number of hydrogen-bond donors (Lipinski definition) is 2. The van der Waals surface area contributed by atoms with E-state index in [1.54, 1.807) is 0 Å². The zero-order valence-electron chi connectivity index (χ0n) is 11.7. The summed E-state index contributed by atoms with van der Waals surface area (Å²) in [4.78, 5) is 2.32. The predicted molar refractivity (Wildman–Crippen MR) is 74.2 cm³/mol. The normalized spacial score (nSPS) is 33.8. The van der Waals surface area contributed by atoms with Crippen molar-refractivity contribution in [1.29, 1.82) is 0 Å². The molecule has 2 rings (SSSR count). The highest BCUT2D eigenvalue weighted by Gasteiger charge is 2.40. The molecule has 2 aliphatic heterocycles. The molecule has 1 unspecified atom stereocenters. The van der Waals surface area contributed by atoms with Gasteiger partial charge in [-0.25, -0.2) is 12.7 Å². The number of aliphatic hydroxyl groups is 1. The first-order valence-corrected chi connectivity index (χ1v) is 8.73. The van der Waals surface area contributed by atoms with Crippen LogP contribution in [0.1, 0.15) is 25.7 Å². The van der Waals surface area contributed by atoms with Gasteiger partial charge in [0.25, 0.3) is 0 Å². The molecular weight excluding hydrogens is 266 g/mol. The number of nitrogens with two attached hydrogens (primary N) is 1. The molecule has 2 bridgehead atoms. The van der Waals surface area contributed by atoms with Crippen LogP contribution in [0.4, 0.5) is 0 Å². The lowest BCUT2D eigenvalue weighted by Crippen LogP contribution is -2.51. The lowest BCUT2D eigenvalue weighted by Gasteiger charge is -2.39. The third-order valence-corrected chi connectivity index (χ3v) is 5.66. The van der Waals surface area contributed by atoms with E-state index in [4.69, 9.17) is 5.73 Å². The maximum absolute atomic E-state index is 11.3. The van der Waals surface area contributed by atoms with Crippen LogP contribution in [0, 0.1) is 0 Å². The number of nitrogens with zero attached hydrogens (tertiary/aromatic N) is 2. The third-order valence-electron chi connectivity index (χ3n) is 4.38. The van der Waals surface area contributed by atoms with Gasteiger partial charge in [0.05, 0.1) is 12.4 Å². The molecule has 0 aromatic rings. The van der Waals surface area contributed by atoms with Crippen molar-refractivity contribution in [2.45, 2.75) is 49.9 Å². The van der Waals surface area contributed by atoms with Crippen molar-refractivity contribution in [2.24, 2.45) is 5.73 Å². The second-order valence-electron chi connectivity index (χ2n) is 6.01. The topological polar surface area (TPSA) is 86.9 Å². The van der Waals surface area contributed by atoms with E-state index >= 15 is 0 Å². The van der Waals surface area contributed by atoms with E-state index in [1.807, 2.05) is 0 Å². The molecule has 0 saturated carbocycles. The van der Waals surface area contributed by atoms with Crippen LogP contribution in [0.15, 0.2) is 0 Å². The summed E-state index contributed by atoms with van der Waals surface area (Å²) in [6.07, 6.45) is 4.79. The van der Waals surface area contributed by atoms with Crippen molar-refractivity contribution >= 4 is 10.0 Å². The van der Waals surface area contributed by atoms with E-state index in [9.17, 15) is 13.5 Å². The summed E-state index contributed by atoms with van der Waals surface area (Å²) in [5.74, 6) is 0. The maximum Gasteiger partial charge on any atom is 0.211 e. The highest BCUT2D eigenvalue weighted by molar-refractivity contribution is 7.88. The van der Waals surface area contributed by atoms with Crippen molar-refractivity contribution in [2.75, 3.05) is 26.4 Å². The summed E-state index contributed by atoms with van der Waals surface area (Å²) in [7, 11) is -1.72. The predicted octanol–water partition coefficient (Wildman–Crippen LogP) is -0.807. The van der Waals surface area contributed by atoms with Crippen LogP contribution in [-0.4, -0.2) is 73.4 Å². The number of piperidine rings is 1. The van der Waals surface area contributed by atoms with E-state index in [-0.39, 0.29) is 12.6 Å². The van der Waals surface area contributed by atoms with Gasteiger partial charge in [-0.1, -0.05) is 0 Å². The van der Waals surface area contributed by atoms with Gasteiger partial charge in [-0.05, 0) is 25.7 Å². The average Bonchev–Trinajstić information content (AvgIpc) is 2.52. The maximum atomic E-state index is 11.3. The molecule has 0 radical (unpaired) electrons. The van der Waals surface area contributed by atoms with E-state index in [0.717, 1.165) is 31.9 Å². The summed E-state index contributed by atoms with van der Waals surface area (Å²) in [6.45, 7) is 0.697. The van der Waals surface area contributed by atoms with Gasteiger partial charge in [0.15, 0.2) is 0 Å². The molecule has 2 saturated heterocycles. The molecule has 0 aromatic carbocycles. The Morgan fingerprint density at radius 2 is 1.89 bits per heavy atom. The fourth-order valence-corrected chi connectivity index (χ4v) is 3.79. The fraction of sp³-hybridized carbons (Fsp3) is 1.00. The average molecular weight is 291 g/mol. The van der Waals surface area contributed by atoms with Crippen molar-refractivity contribution in [1.82, 2.24) is 9.21 Å². The van der Waals surface area contributed by atoms with Crippen LogP contribution in [0.3, 0.4) is 0 Å². The van der Waals surface area contributed by atoms with E-state index in [2.05, 4.69) is 4.90 Å². The molecule has 0 aliphatic carbocycles. The molecule has 0 spiro atoms. The molecule has 3 N–H and O–H groups in total. The van der Waals surface area contributed by atoms with Gasteiger partial charge in [0, 0.05) is 38.3 Å². The number of sulfonamides is 1. The Bertz CT molecular complexity index is 400. The molecule has 19 heavy (non-hydrogen) atoms. The van der Waals surface area contributed by atoms with Crippen molar-refractivity contribution in [3.63, 3.8) is 0 Å². The molecule has 7 heteroatoms. The van der Waals surface area contributed by atoms with Gasteiger partial charge < -0.3 is 10.8 Å². The molecular formula is C12H25N3O3S. The molecule has 112 valence electrons. The van der Waals surface area contributed by atoms with Crippen LogP contribution >= 0.6 is 0 Å². The van der Waals surface area contributed by atoms with Crippen LogP contribution in [0.25, 0.3) is 0 Å². The van der Waals surface area contributed by atoms with E-state index in [0.29, 0.717) is 18.6 Å². The Balaban J connectivity index is 1.88. The minimum atomic E-state index is -3.22. The molecule has 2 aliphatic rings. The molecule has 0 amide bonds. The van der Waals surface area contributed by atoms with Gasteiger partial charge in [-0.3, -0.25) is 4.90 Å². The van der Waals surface area contributed by atoms with Gasteiger partial charge in [0.1, 0.15) is 0 Å². The molecule has 2 heterocycles. The van der Waals surface area contributed by atoms with Crippen LogP contribution in [-0.2, 0) is 10.0 Å². The van der Waals surface area contributed by atoms with Crippen molar-refractivity contribution < 1.29 is 13.5 Å². The summed E-state index contributed by atoms with van der Waals surface area (Å²) >= 11 is 0.